The summed E-state index contributed by atoms with van der Waals surface area (Å²) in [6.45, 7) is 3.43. The van der Waals surface area contributed by atoms with Gasteiger partial charge in [0.1, 0.15) is 0 Å². The van der Waals surface area contributed by atoms with Crippen molar-refractivity contribution in [3.8, 4) is 0 Å². The lowest BCUT2D eigenvalue weighted by Gasteiger charge is -2.27. The molecule has 1 N–H and O–H groups in total. The first-order chi connectivity index (χ1) is 7.83. The van der Waals surface area contributed by atoms with E-state index in [1.165, 1.54) is 30.7 Å². The lowest BCUT2D eigenvalue weighted by Crippen LogP contribution is -2.37. The summed E-state index contributed by atoms with van der Waals surface area (Å²) in [5.41, 5.74) is 0. The Morgan fingerprint density at radius 3 is 2.71 bits per heavy atom. The fraction of sp³-hybridized carbons (Fsp3) is 0.667. The van der Waals surface area contributed by atoms with Crippen LogP contribution in [0, 0.1) is 0 Å². The third kappa shape index (κ3) is 3.36. The van der Waals surface area contributed by atoms with Gasteiger partial charge in [0.25, 0.3) is 0 Å². The second kappa shape index (κ2) is 5.89. The topological polar surface area (TPSA) is 15.3 Å². The van der Waals surface area contributed by atoms with Crippen LogP contribution in [-0.4, -0.2) is 30.1 Å². The molecule has 1 aromatic rings. The number of hydrogen-bond acceptors (Lipinski definition) is 3. The van der Waals surface area contributed by atoms with Crippen LogP contribution >= 0.6 is 35.3 Å². The molecule has 2 heterocycles. The minimum atomic E-state index is 0. The Kier molecular flexibility index (Phi) is 4.72. The van der Waals surface area contributed by atoms with Gasteiger partial charge in [-0.15, -0.1) is 23.7 Å². The summed E-state index contributed by atoms with van der Waals surface area (Å²) < 4.78 is 0. The van der Waals surface area contributed by atoms with Gasteiger partial charge in [0.2, 0.25) is 0 Å². The van der Waals surface area contributed by atoms with Crippen molar-refractivity contribution < 1.29 is 0 Å². The average Bonchev–Trinajstić information content (AvgIpc) is 2.80. The lowest BCUT2D eigenvalue weighted by atomic mass is 10.2. The molecule has 96 valence electrons. The van der Waals surface area contributed by atoms with Crippen LogP contribution < -0.4 is 5.32 Å². The van der Waals surface area contributed by atoms with E-state index in [0.717, 1.165) is 30.2 Å². The predicted octanol–water partition coefficient (Wildman–Crippen LogP) is 3.15. The Balaban J connectivity index is 0.00000108. The van der Waals surface area contributed by atoms with E-state index in [2.05, 4.69) is 16.3 Å². The van der Waals surface area contributed by atoms with Crippen molar-refractivity contribution >= 4 is 35.3 Å². The molecule has 17 heavy (non-hydrogen) atoms. The summed E-state index contributed by atoms with van der Waals surface area (Å²) >= 11 is 7.77. The fourth-order valence-corrected chi connectivity index (χ4v) is 3.58. The second-order valence-electron chi connectivity index (χ2n) is 4.78. The van der Waals surface area contributed by atoms with E-state index in [-0.39, 0.29) is 12.4 Å². The van der Waals surface area contributed by atoms with E-state index < -0.39 is 0 Å². The molecule has 0 spiro atoms. The Bertz CT molecular complexity index is 359. The minimum absolute atomic E-state index is 0. The van der Waals surface area contributed by atoms with Gasteiger partial charge < -0.3 is 5.32 Å². The Morgan fingerprint density at radius 1 is 1.35 bits per heavy atom. The molecule has 0 amide bonds. The molecular formula is C12H18Cl2N2S. The van der Waals surface area contributed by atoms with Gasteiger partial charge in [-0.25, -0.2) is 0 Å². The van der Waals surface area contributed by atoms with Crippen LogP contribution in [0.25, 0.3) is 0 Å². The van der Waals surface area contributed by atoms with E-state index in [1.54, 1.807) is 11.3 Å². The zero-order chi connectivity index (χ0) is 11.0. The Labute approximate surface area is 118 Å². The maximum atomic E-state index is 5.98. The van der Waals surface area contributed by atoms with Crippen molar-refractivity contribution in [3.63, 3.8) is 0 Å². The van der Waals surface area contributed by atoms with Gasteiger partial charge in [-0.2, -0.15) is 0 Å². The summed E-state index contributed by atoms with van der Waals surface area (Å²) in [6.07, 6.45) is 4.07. The maximum Gasteiger partial charge on any atom is 0.0516 e. The monoisotopic (exact) mass is 292 g/mol. The van der Waals surface area contributed by atoms with Gasteiger partial charge in [0.05, 0.1) is 5.02 Å². The fourth-order valence-electron chi connectivity index (χ4n) is 2.50. The molecule has 1 aliphatic carbocycles. The van der Waals surface area contributed by atoms with Crippen LogP contribution in [0.5, 0.6) is 0 Å². The average molecular weight is 293 g/mol. The highest BCUT2D eigenvalue weighted by atomic mass is 35.5. The van der Waals surface area contributed by atoms with E-state index >= 15 is 0 Å². The standard InChI is InChI=1S/C12H17ClN2S.ClH/c13-9-5-12(16-8-9)7-15(10-1-2-10)11-3-4-14-6-11;/h5,8,10-11,14H,1-4,6-7H2;1H. The summed E-state index contributed by atoms with van der Waals surface area (Å²) in [4.78, 5) is 4.09. The quantitative estimate of drug-likeness (QED) is 0.917. The molecule has 1 unspecified atom stereocenters. The van der Waals surface area contributed by atoms with E-state index in [1.807, 2.05) is 5.38 Å². The number of nitrogens with zero attached hydrogens (tertiary/aromatic N) is 1. The molecular weight excluding hydrogens is 275 g/mol. The molecule has 1 atom stereocenters. The van der Waals surface area contributed by atoms with Crippen molar-refractivity contribution in [2.75, 3.05) is 13.1 Å². The minimum Gasteiger partial charge on any atom is -0.315 e. The van der Waals surface area contributed by atoms with Gasteiger partial charge in [-0.3, -0.25) is 4.90 Å². The summed E-state index contributed by atoms with van der Waals surface area (Å²) in [5.74, 6) is 0. The van der Waals surface area contributed by atoms with Gasteiger partial charge in [0, 0.05) is 35.4 Å². The third-order valence-electron chi connectivity index (χ3n) is 3.48. The van der Waals surface area contributed by atoms with Crippen LogP contribution in [0.1, 0.15) is 24.1 Å². The van der Waals surface area contributed by atoms with Crippen molar-refractivity contribution in [2.24, 2.45) is 0 Å². The van der Waals surface area contributed by atoms with Crippen molar-refractivity contribution in [1.29, 1.82) is 0 Å². The van der Waals surface area contributed by atoms with Gasteiger partial charge in [0.15, 0.2) is 0 Å². The number of thiophene rings is 1. The van der Waals surface area contributed by atoms with E-state index in [9.17, 15) is 0 Å². The van der Waals surface area contributed by atoms with Gasteiger partial charge >= 0.3 is 0 Å². The molecule has 2 fully saturated rings. The van der Waals surface area contributed by atoms with Crippen LogP contribution in [0.2, 0.25) is 5.02 Å². The smallest absolute Gasteiger partial charge is 0.0516 e. The molecule has 1 aromatic heterocycles. The molecule has 0 bridgehead atoms. The molecule has 5 heteroatoms. The molecule has 0 radical (unpaired) electrons. The summed E-state index contributed by atoms with van der Waals surface area (Å²) in [6, 6.07) is 3.70. The SMILES string of the molecule is Cl.Clc1csc(CN(C2CC2)C2CCNC2)c1. The molecule has 3 rings (SSSR count). The van der Waals surface area contributed by atoms with Crippen LogP contribution in [0.4, 0.5) is 0 Å². The number of nitrogens with one attached hydrogen (secondary N) is 1. The van der Waals surface area contributed by atoms with Crippen molar-refractivity contribution in [2.45, 2.75) is 37.9 Å². The van der Waals surface area contributed by atoms with E-state index in [4.69, 9.17) is 11.6 Å². The highest BCUT2D eigenvalue weighted by molar-refractivity contribution is 7.10. The van der Waals surface area contributed by atoms with Crippen LogP contribution in [0.15, 0.2) is 11.4 Å². The zero-order valence-corrected chi connectivity index (χ0v) is 12.1. The predicted molar refractivity (Wildman–Crippen MR) is 76.4 cm³/mol. The van der Waals surface area contributed by atoms with Gasteiger partial charge in [-0.1, -0.05) is 11.6 Å². The first-order valence-corrected chi connectivity index (χ1v) is 7.28. The number of halogens is 2. The highest BCUT2D eigenvalue weighted by Crippen LogP contribution is 2.33. The van der Waals surface area contributed by atoms with Gasteiger partial charge in [-0.05, 0) is 31.9 Å². The largest absolute Gasteiger partial charge is 0.315 e. The third-order valence-corrected chi connectivity index (χ3v) is 4.75. The molecule has 2 nitrogen and oxygen atoms in total. The van der Waals surface area contributed by atoms with E-state index in [0.29, 0.717) is 0 Å². The first kappa shape index (κ1) is 13.6. The van der Waals surface area contributed by atoms with Crippen molar-refractivity contribution in [3.05, 3.63) is 21.3 Å². The Hall–Kier alpha value is 0.200. The number of hydrogen-bond donors (Lipinski definition) is 1. The molecule has 1 saturated carbocycles. The summed E-state index contributed by atoms with van der Waals surface area (Å²) in [7, 11) is 0. The molecule has 1 saturated heterocycles. The Morgan fingerprint density at radius 2 is 2.18 bits per heavy atom. The lowest BCUT2D eigenvalue weighted by molar-refractivity contribution is 0.190. The van der Waals surface area contributed by atoms with Crippen molar-refractivity contribution in [1.82, 2.24) is 10.2 Å². The summed E-state index contributed by atoms with van der Waals surface area (Å²) in [5, 5.41) is 6.39. The molecule has 2 aliphatic rings. The highest BCUT2D eigenvalue weighted by Gasteiger charge is 2.35. The zero-order valence-electron chi connectivity index (χ0n) is 9.69. The second-order valence-corrected chi connectivity index (χ2v) is 6.21. The van der Waals surface area contributed by atoms with Crippen LogP contribution in [-0.2, 0) is 6.54 Å². The molecule has 0 aromatic carbocycles. The maximum absolute atomic E-state index is 5.98. The normalized spacial score (nSPS) is 24.0. The molecule has 1 aliphatic heterocycles. The van der Waals surface area contributed by atoms with Crippen LogP contribution in [0.3, 0.4) is 0 Å². The number of rotatable bonds is 4. The first-order valence-electron chi connectivity index (χ1n) is 6.02.